The molecule has 82 valence electrons. The maximum absolute atomic E-state index is 3.74. The number of rotatable bonds is 4. The van der Waals surface area contributed by atoms with Crippen molar-refractivity contribution in [1.82, 2.24) is 10.6 Å². The summed E-state index contributed by atoms with van der Waals surface area (Å²) >= 11 is 2.09. The summed E-state index contributed by atoms with van der Waals surface area (Å²) in [5, 5.41) is 7.31. The van der Waals surface area contributed by atoms with E-state index in [4.69, 9.17) is 0 Å². The molecule has 0 aliphatic carbocycles. The van der Waals surface area contributed by atoms with Gasteiger partial charge in [0.05, 0.1) is 0 Å². The summed E-state index contributed by atoms with van der Waals surface area (Å²) in [7, 11) is 0. The highest BCUT2D eigenvalue weighted by molar-refractivity contribution is 7.99. The number of thioether (sulfide) groups is 1. The lowest BCUT2D eigenvalue weighted by molar-refractivity contribution is 0.405. The van der Waals surface area contributed by atoms with Crippen LogP contribution in [0.4, 0.5) is 0 Å². The third-order valence-corrected chi connectivity index (χ3v) is 4.41. The van der Waals surface area contributed by atoms with Gasteiger partial charge in [-0.1, -0.05) is 0 Å². The Labute approximate surface area is 91.6 Å². The van der Waals surface area contributed by atoms with Gasteiger partial charge in [-0.2, -0.15) is 11.8 Å². The first-order chi connectivity index (χ1) is 6.84. The standard InChI is InChI=1S/C11H22N2S/c1-9(7-10-3-2-5-12-10)13-11-4-6-14-8-11/h9-13H,2-8H2,1H3. The molecule has 2 rings (SSSR count). The quantitative estimate of drug-likeness (QED) is 0.743. The molecule has 2 heterocycles. The van der Waals surface area contributed by atoms with Gasteiger partial charge in [0.2, 0.25) is 0 Å². The van der Waals surface area contributed by atoms with Gasteiger partial charge in [-0.05, 0) is 44.9 Å². The summed E-state index contributed by atoms with van der Waals surface area (Å²) in [5.74, 6) is 2.68. The molecule has 2 N–H and O–H groups in total. The van der Waals surface area contributed by atoms with Crippen LogP contribution in [-0.2, 0) is 0 Å². The van der Waals surface area contributed by atoms with Gasteiger partial charge in [-0.3, -0.25) is 0 Å². The minimum atomic E-state index is 0.689. The zero-order valence-electron chi connectivity index (χ0n) is 9.09. The minimum absolute atomic E-state index is 0.689. The highest BCUT2D eigenvalue weighted by atomic mass is 32.2. The summed E-state index contributed by atoms with van der Waals surface area (Å²) in [4.78, 5) is 0. The second kappa shape index (κ2) is 5.38. The fraction of sp³-hybridized carbons (Fsp3) is 1.00. The zero-order valence-corrected chi connectivity index (χ0v) is 9.91. The molecule has 0 amide bonds. The first-order valence-corrected chi connectivity index (χ1v) is 7.07. The molecule has 2 fully saturated rings. The Morgan fingerprint density at radius 1 is 1.50 bits per heavy atom. The molecule has 14 heavy (non-hydrogen) atoms. The largest absolute Gasteiger partial charge is 0.314 e. The summed E-state index contributed by atoms with van der Waals surface area (Å²) in [6.07, 6.45) is 5.43. The van der Waals surface area contributed by atoms with Crippen molar-refractivity contribution in [2.24, 2.45) is 0 Å². The molecule has 3 atom stereocenters. The van der Waals surface area contributed by atoms with Crippen LogP contribution in [0.3, 0.4) is 0 Å². The Bertz CT molecular complexity index is 145. The first-order valence-electron chi connectivity index (χ1n) is 5.92. The van der Waals surface area contributed by atoms with Gasteiger partial charge in [0.1, 0.15) is 0 Å². The van der Waals surface area contributed by atoms with Crippen LogP contribution in [0.25, 0.3) is 0 Å². The summed E-state index contributed by atoms with van der Waals surface area (Å²) < 4.78 is 0. The van der Waals surface area contributed by atoms with Crippen molar-refractivity contribution in [2.75, 3.05) is 18.1 Å². The summed E-state index contributed by atoms with van der Waals surface area (Å²) in [6, 6.07) is 2.26. The molecule has 0 saturated carbocycles. The van der Waals surface area contributed by atoms with Crippen LogP contribution in [0, 0.1) is 0 Å². The van der Waals surface area contributed by atoms with E-state index in [1.54, 1.807) is 0 Å². The average molecular weight is 214 g/mol. The number of hydrogen-bond acceptors (Lipinski definition) is 3. The SMILES string of the molecule is CC(CC1CCCN1)NC1CCSC1. The van der Waals surface area contributed by atoms with Crippen LogP contribution in [0.1, 0.15) is 32.6 Å². The summed E-state index contributed by atoms with van der Waals surface area (Å²) in [5.41, 5.74) is 0. The minimum Gasteiger partial charge on any atom is -0.314 e. The van der Waals surface area contributed by atoms with Gasteiger partial charge >= 0.3 is 0 Å². The van der Waals surface area contributed by atoms with E-state index in [1.165, 1.54) is 43.7 Å². The van der Waals surface area contributed by atoms with E-state index in [-0.39, 0.29) is 0 Å². The molecule has 0 radical (unpaired) electrons. The van der Waals surface area contributed by atoms with E-state index < -0.39 is 0 Å². The van der Waals surface area contributed by atoms with Gasteiger partial charge < -0.3 is 10.6 Å². The Hall–Kier alpha value is 0.270. The average Bonchev–Trinajstić information content (AvgIpc) is 2.76. The van der Waals surface area contributed by atoms with Gasteiger partial charge in [0, 0.05) is 23.9 Å². The molecule has 0 aromatic carbocycles. The molecule has 0 aromatic rings. The van der Waals surface area contributed by atoms with Crippen LogP contribution in [-0.4, -0.2) is 36.2 Å². The van der Waals surface area contributed by atoms with E-state index in [0.29, 0.717) is 6.04 Å². The Morgan fingerprint density at radius 2 is 2.43 bits per heavy atom. The maximum Gasteiger partial charge on any atom is 0.0168 e. The third-order valence-electron chi connectivity index (χ3n) is 3.25. The molecule has 2 nitrogen and oxygen atoms in total. The van der Waals surface area contributed by atoms with Crippen LogP contribution in [0.15, 0.2) is 0 Å². The van der Waals surface area contributed by atoms with E-state index in [1.807, 2.05) is 0 Å². The predicted molar refractivity (Wildman–Crippen MR) is 64.0 cm³/mol. The molecule has 3 unspecified atom stereocenters. The number of nitrogens with one attached hydrogen (secondary N) is 2. The first kappa shape index (κ1) is 10.8. The smallest absolute Gasteiger partial charge is 0.0168 e. The van der Waals surface area contributed by atoms with Crippen molar-refractivity contribution in [3.05, 3.63) is 0 Å². The molecule has 0 bridgehead atoms. The van der Waals surface area contributed by atoms with Crippen molar-refractivity contribution in [2.45, 2.75) is 50.7 Å². The molecule has 2 aliphatic heterocycles. The van der Waals surface area contributed by atoms with E-state index in [2.05, 4.69) is 29.3 Å². The lowest BCUT2D eigenvalue weighted by Crippen LogP contribution is -2.40. The van der Waals surface area contributed by atoms with Gasteiger partial charge in [-0.15, -0.1) is 0 Å². The van der Waals surface area contributed by atoms with Crippen molar-refractivity contribution in [1.29, 1.82) is 0 Å². The fourth-order valence-electron chi connectivity index (χ4n) is 2.52. The normalized spacial score (nSPS) is 34.9. The van der Waals surface area contributed by atoms with Crippen molar-refractivity contribution in [3.8, 4) is 0 Å². The third kappa shape index (κ3) is 3.14. The van der Waals surface area contributed by atoms with Gasteiger partial charge in [0.25, 0.3) is 0 Å². The van der Waals surface area contributed by atoms with Crippen LogP contribution < -0.4 is 10.6 Å². The monoisotopic (exact) mass is 214 g/mol. The van der Waals surface area contributed by atoms with Gasteiger partial charge in [0.15, 0.2) is 0 Å². The Balaban J connectivity index is 1.64. The fourth-order valence-corrected chi connectivity index (χ4v) is 3.69. The molecule has 3 heteroatoms. The van der Waals surface area contributed by atoms with Crippen molar-refractivity contribution >= 4 is 11.8 Å². The lowest BCUT2D eigenvalue weighted by atomic mass is 10.1. The predicted octanol–water partition coefficient (Wildman–Crippen LogP) is 1.61. The van der Waals surface area contributed by atoms with E-state index in [9.17, 15) is 0 Å². The molecule has 0 spiro atoms. The molecule has 2 saturated heterocycles. The maximum atomic E-state index is 3.74. The highest BCUT2D eigenvalue weighted by Gasteiger charge is 2.20. The second-order valence-electron chi connectivity index (χ2n) is 4.66. The molecule has 0 aromatic heterocycles. The topological polar surface area (TPSA) is 24.1 Å². The second-order valence-corrected chi connectivity index (χ2v) is 5.81. The van der Waals surface area contributed by atoms with E-state index in [0.717, 1.165) is 12.1 Å². The van der Waals surface area contributed by atoms with Crippen LogP contribution in [0.2, 0.25) is 0 Å². The Morgan fingerprint density at radius 3 is 3.07 bits per heavy atom. The lowest BCUT2D eigenvalue weighted by Gasteiger charge is -2.21. The summed E-state index contributed by atoms with van der Waals surface area (Å²) in [6.45, 7) is 3.57. The van der Waals surface area contributed by atoms with Crippen molar-refractivity contribution in [3.63, 3.8) is 0 Å². The van der Waals surface area contributed by atoms with Crippen molar-refractivity contribution < 1.29 is 0 Å². The highest BCUT2D eigenvalue weighted by Crippen LogP contribution is 2.18. The van der Waals surface area contributed by atoms with E-state index >= 15 is 0 Å². The zero-order chi connectivity index (χ0) is 9.80. The van der Waals surface area contributed by atoms with Gasteiger partial charge in [-0.25, -0.2) is 0 Å². The molecular formula is C11H22N2S. The molecular weight excluding hydrogens is 192 g/mol. The Kier molecular flexibility index (Phi) is 4.14. The van der Waals surface area contributed by atoms with Crippen LogP contribution >= 0.6 is 11.8 Å². The van der Waals surface area contributed by atoms with Crippen LogP contribution in [0.5, 0.6) is 0 Å². The molecule has 2 aliphatic rings. The number of hydrogen-bond donors (Lipinski definition) is 2.